The number of nitrogens with one attached hydrogen (secondary N) is 1. The third-order valence-electron chi connectivity index (χ3n) is 1.99. The van der Waals surface area contributed by atoms with E-state index >= 15 is 0 Å². The lowest BCUT2D eigenvalue weighted by atomic mass is 10.2. The molecule has 1 unspecified atom stereocenters. The first kappa shape index (κ1) is 14.8. The van der Waals surface area contributed by atoms with Crippen LogP contribution in [0.2, 0.25) is 0 Å². The maximum Gasteiger partial charge on any atom is 0.175 e. The highest BCUT2D eigenvalue weighted by Crippen LogP contribution is 2.27. The van der Waals surface area contributed by atoms with E-state index in [-0.39, 0.29) is 6.04 Å². The van der Waals surface area contributed by atoms with E-state index in [1.165, 1.54) is 0 Å². The highest BCUT2D eigenvalue weighted by molar-refractivity contribution is 8.02. The van der Waals surface area contributed by atoms with Gasteiger partial charge < -0.3 is 5.32 Å². The molecule has 1 N–H and O–H groups in total. The summed E-state index contributed by atoms with van der Waals surface area (Å²) in [6.07, 6.45) is 3.89. The monoisotopic (exact) mass is 288 g/mol. The average Bonchev–Trinajstić information content (AvgIpc) is 2.81. The summed E-state index contributed by atoms with van der Waals surface area (Å²) in [5, 5.41) is 20.3. The highest BCUT2D eigenvalue weighted by Gasteiger charge is 2.08. The minimum atomic E-state index is -0.0459. The number of rotatable bonds is 8. The summed E-state index contributed by atoms with van der Waals surface area (Å²) in [6, 6.07) is 2.23. The van der Waals surface area contributed by atoms with E-state index in [2.05, 4.69) is 28.5 Å². The van der Waals surface area contributed by atoms with E-state index in [1.54, 1.807) is 34.9 Å². The molecule has 1 aromatic rings. The minimum Gasteiger partial charge on any atom is -0.302 e. The molecule has 0 aromatic carbocycles. The Hall–Kier alpha value is -0.290. The summed E-state index contributed by atoms with van der Waals surface area (Å²) in [7, 11) is 0. The molecule has 0 fully saturated rings. The number of hydrogen-bond donors (Lipinski definition) is 1. The molecule has 0 bridgehead atoms. The average molecular weight is 288 g/mol. The zero-order chi connectivity index (χ0) is 12.5. The summed E-state index contributed by atoms with van der Waals surface area (Å²) in [6.45, 7) is 3.00. The highest BCUT2D eigenvalue weighted by atomic mass is 32.2. The van der Waals surface area contributed by atoms with Crippen LogP contribution in [0.3, 0.4) is 0 Å². The Morgan fingerprint density at radius 3 is 2.82 bits per heavy atom. The van der Waals surface area contributed by atoms with E-state index in [4.69, 9.17) is 5.26 Å². The van der Waals surface area contributed by atoms with E-state index in [0.717, 1.165) is 33.8 Å². The summed E-state index contributed by atoms with van der Waals surface area (Å²) >= 11 is 4.90. The first-order valence-electron chi connectivity index (χ1n) is 5.43. The van der Waals surface area contributed by atoms with Crippen molar-refractivity contribution >= 4 is 34.9 Å². The molecule has 1 atom stereocenters. The Labute approximate surface area is 115 Å². The van der Waals surface area contributed by atoms with Crippen molar-refractivity contribution < 1.29 is 0 Å². The van der Waals surface area contributed by atoms with Crippen LogP contribution in [0.5, 0.6) is 0 Å². The van der Waals surface area contributed by atoms with Crippen LogP contribution in [0.25, 0.3) is 0 Å². The number of thioether (sulfide) groups is 2. The molecule has 94 valence electrons. The fourth-order valence-corrected chi connectivity index (χ4v) is 3.65. The largest absolute Gasteiger partial charge is 0.302 e. The molecular formula is C10H16N4S3. The van der Waals surface area contributed by atoms with Gasteiger partial charge in [-0.1, -0.05) is 41.8 Å². The van der Waals surface area contributed by atoms with E-state index in [9.17, 15) is 0 Å². The second-order valence-electron chi connectivity index (χ2n) is 3.31. The topological polar surface area (TPSA) is 61.6 Å². The second-order valence-corrected chi connectivity index (χ2v) is 6.68. The maximum atomic E-state index is 8.94. The van der Waals surface area contributed by atoms with Crippen LogP contribution in [0.4, 0.5) is 0 Å². The molecule has 0 spiro atoms. The van der Waals surface area contributed by atoms with Gasteiger partial charge in [-0.2, -0.15) is 5.26 Å². The summed E-state index contributed by atoms with van der Waals surface area (Å²) < 4.78 is 1.98. The molecular weight excluding hydrogens is 272 g/mol. The molecule has 7 heteroatoms. The first-order chi connectivity index (χ1) is 8.30. The Morgan fingerprint density at radius 1 is 1.47 bits per heavy atom. The van der Waals surface area contributed by atoms with Gasteiger partial charge in [0.05, 0.1) is 12.1 Å². The fourth-order valence-electron chi connectivity index (χ4n) is 1.13. The molecule has 0 saturated heterocycles. The molecule has 0 aliphatic rings. The number of aromatic nitrogens is 2. The smallest absolute Gasteiger partial charge is 0.175 e. The molecule has 0 saturated carbocycles. The van der Waals surface area contributed by atoms with E-state index in [0.29, 0.717) is 0 Å². The van der Waals surface area contributed by atoms with Crippen LogP contribution < -0.4 is 5.32 Å². The molecule has 17 heavy (non-hydrogen) atoms. The van der Waals surface area contributed by atoms with Gasteiger partial charge in [-0.05, 0) is 25.6 Å². The summed E-state index contributed by atoms with van der Waals surface area (Å²) in [5.74, 6) is 0.901. The van der Waals surface area contributed by atoms with Crippen molar-refractivity contribution in [3.8, 4) is 6.07 Å². The fraction of sp³-hybridized carbons (Fsp3) is 0.700. The lowest BCUT2D eigenvalue weighted by Crippen LogP contribution is -2.28. The Kier molecular flexibility index (Phi) is 7.60. The molecule has 4 nitrogen and oxygen atoms in total. The first-order valence-corrected chi connectivity index (χ1v) is 8.46. The molecule has 0 aliphatic heterocycles. The van der Waals surface area contributed by atoms with Crippen LogP contribution in [0, 0.1) is 11.3 Å². The van der Waals surface area contributed by atoms with Crippen LogP contribution in [0.1, 0.15) is 19.8 Å². The van der Waals surface area contributed by atoms with Crippen LogP contribution in [-0.2, 0) is 0 Å². The van der Waals surface area contributed by atoms with Crippen molar-refractivity contribution in [2.45, 2.75) is 34.5 Å². The Bertz CT molecular complexity index is 361. The molecule has 1 aromatic heterocycles. The maximum absolute atomic E-state index is 8.94. The zero-order valence-corrected chi connectivity index (χ0v) is 12.4. The van der Waals surface area contributed by atoms with Crippen LogP contribution >= 0.6 is 34.9 Å². The molecule has 0 amide bonds. The second kappa shape index (κ2) is 8.75. The molecule has 0 radical (unpaired) electrons. The SMILES string of the molecule is CCCNC(C#N)CCSc1nnc(SC)s1. The zero-order valence-electron chi connectivity index (χ0n) is 9.97. The Balaban J connectivity index is 2.24. The van der Waals surface area contributed by atoms with Gasteiger partial charge in [0.1, 0.15) is 0 Å². The van der Waals surface area contributed by atoms with Gasteiger partial charge in [-0.15, -0.1) is 10.2 Å². The van der Waals surface area contributed by atoms with Gasteiger partial charge in [-0.3, -0.25) is 0 Å². The van der Waals surface area contributed by atoms with Gasteiger partial charge in [-0.25, -0.2) is 0 Å². The summed E-state index contributed by atoms with van der Waals surface area (Å²) in [4.78, 5) is 0. The lowest BCUT2D eigenvalue weighted by Gasteiger charge is -2.08. The van der Waals surface area contributed by atoms with Gasteiger partial charge in [0.25, 0.3) is 0 Å². The molecule has 1 rings (SSSR count). The van der Waals surface area contributed by atoms with Crippen molar-refractivity contribution in [1.29, 1.82) is 5.26 Å². The lowest BCUT2D eigenvalue weighted by molar-refractivity contribution is 0.585. The standard InChI is InChI=1S/C10H16N4S3/c1-3-5-12-8(7-11)4-6-16-10-14-13-9(15-2)17-10/h8,12H,3-6H2,1-2H3. The normalized spacial score (nSPS) is 12.3. The predicted octanol–water partition coefficient (Wildman–Crippen LogP) is 2.63. The number of nitriles is 1. The third-order valence-corrected chi connectivity index (χ3v) is 5.06. The summed E-state index contributed by atoms with van der Waals surface area (Å²) in [5.41, 5.74) is 0. The van der Waals surface area contributed by atoms with Crippen molar-refractivity contribution in [2.24, 2.45) is 0 Å². The molecule has 0 aliphatic carbocycles. The van der Waals surface area contributed by atoms with Gasteiger partial charge in [0, 0.05) is 5.75 Å². The van der Waals surface area contributed by atoms with Crippen LogP contribution in [-0.4, -0.2) is 34.8 Å². The third kappa shape index (κ3) is 5.73. The van der Waals surface area contributed by atoms with Gasteiger partial charge in [0.2, 0.25) is 0 Å². The van der Waals surface area contributed by atoms with Crippen molar-refractivity contribution in [3.05, 3.63) is 0 Å². The predicted molar refractivity (Wildman–Crippen MR) is 74.7 cm³/mol. The van der Waals surface area contributed by atoms with E-state index in [1.807, 2.05) is 6.26 Å². The van der Waals surface area contributed by atoms with Crippen molar-refractivity contribution in [2.75, 3.05) is 18.6 Å². The van der Waals surface area contributed by atoms with Crippen molar-refractivity contribution in [1.82, 2.24) is 15.5 Å². The molecule has 1 heterocycles. The quantitative estimate of drug-likeness (QED) is 0.742. The van der Waals surface area contributed by atoms with Crippen molar-refractivity contribution in [3.63, 3.8) is 0 Å². The van der Waals surface area contributed by atoms with Crippen LogP contribution in [0.15, 0.2) is 8.68 Å². The number of hydrogen-bond acceptors (Lipinski definition) is 7. The Morgan fingerprint density at radius 2 is 2.24 bits per heavy atom. The van der Waals surface area contributed by atoms with Gasteiger partial charge >= 0.3 is 0 Å². The minimum absolute atomic E-state index is 0.0459. The number of nitrogens with zero attached hydrogens (tertiary/aromatic N) is 3. The van der Waals surface area contributed by atoms with E-state index < -0.39 is 0 Å². The van der Waals surface area contributed by atoms with Gasteiger partial charge in [0.15, 0.2) is 8.68 Å².